The van der Waals surface area contributed by atoms with Gasteiger partial charge in [0, 0.05) is 104 Å². The maximum absolute atomic E-state index is 11.5. The van der Waals surface area contributed by atoms with Gasteiger partial charge in [0.15, 0.2) is 11.4 Å². The van der Waals surface area contributed by atoms with Gasteiger partial charge in [-0.3, -0.25) is 0 Å². The van der Waals surface area contributed by atoms with Gasteiger partial charge in [0.05, 0.1) is 25.8 Å². The largest absolute Gasteiger partial charge is 0.748 e. The highest BCUT2D eigenvalue weighted by Crippen LogP contribution is 2.52. The van der Waals surface area contributed by atoms with Crippen molar-refractivity contribution in [3.05, 3.63) is 292 Å². The van der Waals surface area contributed by atoms with Crippen molar-refractivity contribution in [2.75, 3.05) is 41.7 Å². The molecule has 4 aliphatic heterocycles. The summed E-state index contributed by atoms with van der Waals surface area (Å²) in [7, 11) is -8.68. The van der Waals surface area contributed by atoms with E-state index in [-0.39, 0.29) is 33.0 Å². The number of nitrogens with zero attached hydrogens (tertiary/aromatic N) is 4. The van der Waals surface area contributed by atoms with Gasteiger partial charge in [-0.25, -0.2) is 16.8 Å². The molecule has 101 heavy (non-hydrogen) atoms. The van der Waals surface area contributed by atoms with Crippen molar-refractivity contribution >= 4 is 110 Å². The molecular formula is C87H92Cl2N4O6S2. The molecule has 0 radical (unpaired) electrons. The summed E-state index contributed by atoms with van der Waals surface area (Å²) in [6.07, 6.45) is 21.8. The second-order valence-corrected chi connectivity index (χ2v) is 32.1. The third kappa shape index (κ3) is 14.2. The first-order valence-electron chi connectivity index (χ1n) is 35.1. The summed E-state index contributed by atoms with van der Waals surface area (Å²) >= 11 is 14.1. The minimum atomic E-state index is -4.38. The van der Waals surface area contributed by atoms with E-state index in [4.69, 9.17) is 23.2 Å². The van der Waals surface area contributed by atoms with Crippen LogP contribution in [-0.2, 0) is 41.9 Å². The van der Waals surface area contributed by atoms with Gasteiger partial charge < -0.3 is 18.9 Å². The molecule has 0 aromatic heterocycles. The monoisotopic (exact) mass is 1420 g/mol. The second-order valence-electron chi connectivity index (χ2n) is 28.4. The first kappa shape index (κ1) is 73.8. The Morgan fingerprint density at radius 3 is 1.50 bits per heavy atom. The van der Waals surface area contributed by atoms with Crippen LogP contribution in [-0.4, -0.2) is 78.4 Å². The van der Waals surface area contributed by atoms with Gasteiger partial charge in [-0.05, 0) is 176 Å². The standard InChI is InChI=1S/C42H43ClN2O3S.C33H38ClN2.C10H8O3S.C2H4/c1-6-44-34-22-18-28-12-7-9-14-32(28)38(34)41(2,3)36(44)24-20-30-16-17-31(40(30)43)21-25-37-42(4,5)39-33-15-10-8-13-29(33)19-23-35(39)45(37)26-11-27-49(46,47)48;1-7-35-27-15-11-9-13-25(27)32(3,4)29(35)21-19-23-17-18-24(31(23)34)20-22-30-33(5,6)26-14-10-12-16-28(26)36(30)8-2;11-14(12,13)10-7-3-5-8-4-1-2-6-9(8)10;1-2/h7-10,12-15,18-25H,6,11,16-17,26-27H2,1-5H3;9-16,19-22H,7-8,17-18H2,1-6H3;1-7H,(H,11,12,13);1-2H2/q;+1;;/p-1. The molecule has 10 nitrogen and oxygen atoms in total. The minimum absolute atomic E-state index is 0.0233. The van der Waals surface area contributed by atoms with E-state index in [2.05, 4.69) is 272 Å². The number of hydrogen-bond donors (Lipinski definition) is 0. The highest BCUT2D eigenvalue weighted by Gasteiger charge is 2.47. The number of allylic oxidation sites excluding steroid dienone is 16. The van der Waals surface area contributed by atoms with Gasteiger partial charge in [-0.2, -0.15) is 9.15 Å². The van der Waals surface area contributed by atoms with Crippen LogP contribution < -0.4 is 9.80 Å². The molecule has 2 aliphatic carbocycles. The Labute approximate surface area is 608 Å². The molecule has 6 aliphatic rings. The van der Waals surface area contributed by atoms with Crippen LogP contribution in [0.2, 0.25) is 0 Å². The molecule has 0 spiro atoms. The Bertz CT molecular complexity index is 5190. The Kier molecular flexibility index (Phi) is 21.5. The molecule has 0 saturated heterocycles. The van der Waals surface area contributed by atoms with Crippen LogP contribution in [0.1, 0.15) is 131 Å². The van der Waals surface area contributed by atoms with Crippen molar-refractivity contribution in [3.8, 4) is 0 Å². The van der Waals surface area contributed by atoms with E-state index in [9.17, 15) is 25.9 Å². The molecule has 4 heterocycles. The summed E-state index contributed by atoms with van der Waals surface area (Å²) in [5.41, 5.74) is 19.5. The summed E-state index contributed by atoms with van der Waals surface area (Å²) in [5.74, 6) is -0.391. The Hall–Kier alpha value is -8.46. The molecule has 14 rings (SSSR count). The molecule has 0 bridgehead atoms. The summed E-state index contributed by atoms with van der Waals surface area (Å²) < 4.78 is 71.8. The van der Waals surface area contributed by atoms with Crippen molar-refractivity contribution in [1.29, 1.82) is 0 Å². The van der Waals surface area contributed by atoms with Gasteiger partial charge >= 0.3 is 0 Å². The number of rotatable bonds is 14. The quantitative estimate of drug-likeness (QED) is 0.0598. The molecular weight excluding hydrogens is 1330 g/mol. The SMILES string of the molecule is C=C.CCN1/C(=C/C=C2CCC(/C=C/C3=[N+](CC)c4ccccc4C3(C)C)=C2Cl)C(C)(C)c2ccccc21.CCN1/C(=C/C=C2CCC(/C=C/C3=[N+](CCCS(=O)(=O)[O-])c4ccc5ccccc5c4C3(C)C)=C2Cl)C(C)(C)c2c1ccc1ccccc21.O=S(=O)([O-])c1cccc2ccccc12. The van der Waals surface area contributed by atoms with Crippen LogP contribution in [0.3, 0.4) is 0 Å². The lowest BCUT2D eigenvalue weighted by molar-refractivity contribution is -0.437. The predicted octanol–water partition coefficient (Wildman–Crippen LogP) is 20.9. The van der Waals surface area contributed by atoms with Gasteiger partial charge in [-0.1, -0.05) is 203 Å². The van der Waals surface area contributed by atoms with E-state index in [0.29, 0.717) is 11.9 Å². The van der Waals surface area contributed by atoms with E-state index in [1.165, 1.54) is 89.8 Å². The molecule has 0 amide bonds. The number of likely N-dealkylation sites (N-methyl/N-ethyl adjacent to an activating group) is 2. The van der Waals surface area contributed by atoms with E-state index < -0.39 is 26.0 Å². The van der Waals surface area contributed by atoms with Gasteiger partial charge in [-0.15, -0.1) is 13.2 Å². The maximum atomic E-state index is 11.5. The van der Waals surface area contributed by atoms with Crippen LogP contribution >= 0.6 is 23.2 Å². The lowest BCUT2D eigenvalue weighted by Crippen LogP contribution is -2.28. The van der Waals surface area contributed by atoms with Crippen LogP contribution in [0.25, 0.3) is 32.3 Å². The van der Waals surface area contributed by atoms with E-state index in [1.54, 1.807) is 36.4 Å². The smallest absolute Gasteiger partial charge is 0.210 e. The van der Waals surface area contributed by atoms with E-state index in [1.807, 2.05) is 6.07 Å². The van der Waals surface area contributed by atoms with Crippen LogP contribution in [0, 0.1) is 0 Å². The topological polar surface area (TPSA) is 127 Å². The van der Waals surface area contributed by atoms with E-state index in [0.717, 1.165) is 88.7 Å². The number of para-hydroxylation sites is 2. The number of hydrogen-bond acceptors (Lipinski definition) is 8. The molecule has 0 atom stereocenters. The summed E-state index contributed by atoms with van der Waals surface area (Å²) in [6, 6.07) is 54.8. The number of benzene rings is 8. The van der Waals surface area contributed by atoms with Crippen molar-refractivity contribution < 1.29 is 35.1 Å². The van der Waals surface area contributed by atoms with Crippen LogP contribution in [0.15, 0.2) is 274 Å². The summed E-state index contributed by atoms with van der Waals surface area (Å²) in [5, 5.41) is 7.84. The lowest BCUT2D eigenvalue weighted by Gasteiger charge is -2.26. The van der Waals surface area contributed by atoms with Crippen molar-refractivity contribution in [2.45, 2.75) is 135 Å². The first-order valence-corrected chi connectivity index (χ1v) is 38.8. The summed E-state index contributed by atoms with van der Waals surface area (Å²) in [6.45, 7) is 34.2. The fraction of sp³-hybridized carbons (Fsp3) is 0.287. The van der Waals surface area contributed by atoms with Crippen LogP contribution in [0.5, 0.6) is 0 Å². The molecule has 0 saturated carbocycles. The third-order valence-corrected chi connectivity index (χ3v) is 23.7. The average Bonchev–Trinajstić information content (AvgIpc) is 1.60. The van der Waals surface area contributed by atoms with Gasteiger partial charge in [0.2, 0.25) is 11.4 Å². The average molecular weight is 1420 g/mol. The zero-order valence-electron chi connectivity index (χ0n) is 60.0. The molecule has 522 valence electrons. The summed E-state index contributed by atoms with van der Waals surface area (Å²) in [4.78, 5) is 4.71. The van der Waals surface area contributed by atoms with Crippen molar-refractivity contribution in [3.63, 3.8) is 0 Å². The first-order chi connectivity index (χ1) is 48.1. The Morgan fingerprint density at radius 2 is 0.941 bits per heavy atom. The highest BCUT2D eigenvalue weighted by molar-refractivity contribution is 7.86. The Balaban J connectivity index is 0.000000172. The minimum Gasteiger partial charge on any atom is -0.748 e. The normalized spacial score (nSPS) is 19.5. The molecule has 14 heteroatoms. The maximum Gasteiger partial charge on any atom is 0.210 e. The van der Waals surface area contributed by atoms with Crippen LogP contribution in [0.4, 0.5) is 22.7 Å². The number of fused-ring (bicyclic) bond motifs is 9. The Morgan fingerprint density at radius 1 is 0.465 bits per heavy atom. The molecule has 0 N–H and O–H groups in total. The highest BCUT2D eigenvalue weighted by atomic mass is 35.5. The fourth-order valence-electron chi connectivity index (χ4n) is 16.2. The van der Waals surface area contributed by atoms with Crippen molar-refractivity contribution in [1.82, 2.24) is 0 Å². The molecule has 8 aromatic carbocycles. The zero-order chi connectivity index (χ0) is 72.6. The zero-order valence-corrected chi connectivity index (χ0v) is 63.1. The molecule has 8 aromatic rings. The van der Waals surface area contributed by atoms with Crippen molar-refractivity contribution in [2.24, 2.45) is 0 Å². The van der Waals surface area contributed by atoms with Gasteiger partial charge in [0.1, 0.15) is 23.2 Å². The molecule has 0 unspecified atom stereocenters. The second kappa shape index (κ2) is 29.5. The predicted molar refractivity (Wildman–Crippen MR) is 421 cm³/mol. The number of anilines is 2. The number of halogens is 2. The molecule has 0 fully saturated rings. The van der Waals surface area contributed by atoms with E-state index >= 15 is 0 Å². The fourth-order valence-corrected chi connectivity index (χ4v) is 18.0. The third-order valence-electron chi connectivity index (χ3n) is 21.1. The lowest BCUT2D eigenvalue weighted by atomic mass is 9.79. The van der Waals surface area contributed by atoms with Gasteiger partial charge in [0.25, 0.3) is 0 Å².